The fourth-order valence-corrected chi connectivity index (χ4v) is 6.67. The summed E-state index contributed by atoms with van der Waals surface area (Å²) in [6.45, 7) is 0. The minimum Gasteiger partial charge on any atom is -0.495 e. The molecule has 4 aromatic rings. The van der Waals surface area contributed by atoms with Gasteiger partial charge in [0, 0.05) is 46.5 Å². The fourth-order valence-electron chi connectivity index (χ4n) is 6.67. The number of carbonyl (C=O) groups excluding carboxylic acids is 3. The van der Waals surface area contributed by atoms with Gasteiger partial charge >= 0.3 is 0 Å². The van der Waals surface area contributed by atoms with Crippen LogP contribution in [0.5, 0.6) is 5.75 Å². The zero-order valence-corrected chi connectivity index (χ0v) is 21.2. The first kappa shape index (κ1) is 24.0. The van der Waals surface area contributed by atoms with Crippen molar-refractivity contribution in [1.82, 2.24) is 10.3 Å². The van der Waals surface area contributed by atoms with E-state index < -0.39 is 46.1 Å². The Hall–Kier alpha value is -5.03. The van der Waals surface area contributed by atoms with Crippen LogP contribution in [0, 0.1) is 22.0 Å². The number of carbonyl (C=O) groups is 3. The van der Waals surface area contributed by atoms with Crippen molar-refractivity contribution in [2.45, 2.75) is 18.0 Å². The van der Waals surface area contributed by atoms with E-state index in [0.717, 1.165) is 27.4 Å². The van der Waals surface area contributed by atoms with Gasteiger partial charge in [-0.1, -0.05) is 36.4 Å². The highest BCUT2D eigenvalue weighted by Gasteiger charge is 2.70. The molecule has 0 aliphatic carbocycles. The number of non-ortho nitro benzene ring substituents is 1. The van der Waals surface area contributed by atoms with E-state index in [1.165, 1.54) is 19.2 Å². The van der Waals surface area contributed by atoms with Gasteiger partial charge < -0.3 is 15.0 Å². The summed E-state index contributed by atoms with van der Waals surface area (Å²) in [4.78, 5) is 57.4. The van der Waals surface area contributed by atoms with Crippen LogP contribution in [0.4, 0.5) is 17.1 Å². The van der Waals surface area contributed by atoms with Crippen LogP contribution < -0.4 is 20.3 Å². The lowest BCUT2D eigenvalue weighted by atomic mass is 9.76. The third-order valence-electron chi connectivity index (χ3n) is 8.35. The molecule has 3 N–H and O–H groups in total. The number of aromatic amines is 1. The molecule has 7 rings (SSSR count). The number of methoxy groups -OCH3 is 1. The van der Waals surface area contributed by atoms with Gasteiger partial charge in [0.2, 0.25) is 17.7 Å². The third-order valence-corrected chi connectivity index (χ3v) is 8.35. The van der Waals surface area contributed by atoms with Crippen LogP contribution in [0.2, 0.25) is 0 Å². The number of para-hydroxylation sites is 2. The number of hydrogen-bond acceptors (Lipinski definition) is 7. The maximum absolute atomic E-state index is 14.3. The Morgan fingerprint density at radius 1 is 1.02 bits per heavy atom. The molecule has 0 unspecified atom stereocenters. The molecule has 3 aliphatic rings. The largest absolute Gasteiger partial charge is 0.495 e. The standard InChI is InChI=1S/C29H23N5O6/c1-40-23-11-10-16(34(38)39)13-22(23)33-26(35)24-21(12-15-14-30-19-8-4-2-6-17(15)19)32-29(25(24)27(33)36)18-7-3-5-9-20(18)31-28(29)37/h2-11,13-14,21,24-25,30,32H,12H2,1H3,(H,31,37)/t21-,24+,25-,29+/m0/s1. The van der Waals surface area contributed by atoms with Crippen LogP contribution in [0.1, 0.15) is 11.1 Å². The first-order valence-electron chi connectivity index (χ1n) is 12.8. The lowest BCUT2D eigenvalue weighted by molar-refractivity contribution is -0.384. The second kappa shape index (κ2) is 8.48. The zero-order valence-electron chi connectivity index (χ0n) is 21.2. The first-order chi connectivity index (χ1) is 19.3. The Kier molecular flexibility index (Phi) is 5.10. The minimum absolute atomic E-state index is 0.0196. The number of benzene rings is 3. The lowest BCUT2D eigenvalue weighted by Gasteiger charge is -2.29. The van der Waals surface area contributed by atoms with E-state index in [4.69, 9.17) is 4.74 Å². The molecule has 0 bridgehead atoms. The number of nitro benzene ring substituents is 1. The molecule has 4 heterocycles. The number of nitrogens with zero attached hydrogens (tertiary/aromatic N) is 2. The van der Waals surface area contributed by atoms with E-state index in [2.05, 4.69) is 15.6 Å². The van der Waals surface area contributed by atoms with Gasteiger partial charge in [-0.3, -0.25) is 29.8 Å². The molecule has 3 aromatic carbocycles. The Balaban J connectivity index is 1.39. The molecular formula is C29H23N5O6. The summed E-state index contributed by atoms with van der Waals surface area (Å²) >= 11 is 0. The Labute approximate surface area is 227 Å². The summed E-state index contributed by atoms with van der Waals surface area (Å²) in [6.07, 6.45) is 2.24. The summed E-state index contributed by atoms with van der Waals surface area (Å²) in [5.74, 6) is -3.43. The maximum atomic E-state index is 14.3. The second-order valence-electron chi connectivity index (χ2n) is 10.3. The van der Waals surface area contributed by atoms with Gasteiger partial charge in [0.05, 0.1) is 23.9 Å². The van der Waals surface area contributed by atoms with E-state index in [-0.39, 0.29) is 17.1 Å². The number of imide groups is 1. The van der Waals surface area contributed by atoms with Crippen molar-refractivity contribution >= 4 is 45.7 Å². The molecule has 11 nitrogen and oxygen atoms in total. The fraction of sp³-hybridized carbons (Fsp3) is 0.207. The van der Waals surface area contributed by atoms with Crippen molar-refractivity contribution in [3.05, 3.63) is 94.2 Å². The first-order valence-corrected chi connectivity index (χ1v) is 12.8. The maximum Gasteiger partial charge on any atom is 0.271 e. The summed E-state index contributed by atoms with van der Waals surface area (Å²) in [5.41, 5.74) is 1.22. The van der Waals surface area contributed by atoms with E-state index in [9.17, 15) is 24.5 Å². The molecule has 11 heteroatoms. The van der Waals surface area contributed by atoms with Gasteiger partial charge in [-0.05, 0) is 30.2 Å². The summed E-state index contributed by atoms with van der Waals surface area (Å²) in [5, 5.41) is 18.9. The van der Waals surface area contributed by atoms with Crippen molar-refractivity contribution in [3.8, 4) is 5.75 Å². The topological polar surface area (TPSA) is 147 Å². The van der Waals surface area contributed by atoms with Crippen LogP contribution in [-0.4, -0.2) is 40.8 Å². The summed E-state index contributed by atoms with van der Waals surface area (Å²) in [7, 11) is 1.36. The Morgan fingerprint density at radius 3 is 2.60 bits per heavy atom. The normalized spacial score (nSPS) is 25.0. The van der Waals surface area contributed by atoms with Gasteiger partial charge in [0.25, 0.3) is 5.69 Å². The smallest absolute Gasteiger partial charge is 0.271 e. The number of hydrogen-bond donors (Lipinski definition) is 3. The Bertz CT molecular complexity index is 1760. The van der Waals surface area contributed by atoms with Gasteiger partial charge in [-0.2, -0.15) is 0 Å². The average molecular weight is 538 g/mol. The average Bonchev–Trinajstić information content (AvgIpc) is 3.67. The number of rotatable bonds is 5. The molecule has 200 valence electrons. The molecular weight excluding hydrogens is 514 g/mol. The zero-order chi connectivity index (χ0) is 27.8. The van der Waals surface area contributed by atoms with Crippen LogP contribution >= 0.6 is 0 Å². The summed E-state index contributed by atoms with van der Waals surface area (Å²) in [6, 6.07) is 18.1. The third kappa shape index (κ3) is 3.12. The quantitative estimate of drug-likeness (QED) is 0.201. The van der Waals surface area contributed by atoms with Crippen molar-refractivity contribution in [3.63, 3.8) is 0 Å². The molecule has 1 spiro atoms. The minimum atomic E-state index is -1.49. The highest BCUT2D eigenvalue weighted by molar-refractivity contribution is 6.26. The number of amides is 3. The number of anilines is 2. The van der Waals surface area contributed by atoms with Gasteiger partial charge in [-0.15, -0.1) is 0 Å². The molecule has 2 fully saturated rings. The van der Waals surface area contributed by atoms with E-state index >= 15 is 0 Å². The molecule has 3 amide bonds. The molecule has 3 aliphatic heterocycles. The van der Waals surface area contributed by atoms with Crippen molar-refractivity contribution in [2.75, 3.05) is 17.3 Å². The predicted octanol–water partition coefficient (Wildman–Crippen LogP) is 3.25. The number of H-pyrrole nitrogens is 1. The second-order valence-corrected chi connectivity index (χ2v) is 10.3. The van der Waals surface area contributed by atoms with Gasteiger partial charge in [0.1, 0.15) is 17.0 Å². The van der Waals surface area contributed by atoms with Gasteiger partial charge in [-0.25, -0.2) is 4.90 Å². The van der Waals surface area contributed by atoms with E-state index in [1.807, 2.05) is 30.5 Å². The van der Waals surface area contributed by atoms with Crippen molar-refractivity contribution < 1.29 is 24.0 Å². The van der Waals surface area contributed by atoms with Crippen LogP contribution in [-0.2, 0) is 26.3 Å². The number of nitrogens with one attached hydrogen (secondary N) is 3. The van der Waals surface area contributed by atoms with Crippen LogP contribution in [0.3, 0.4) is 0 Å². The molecule has 40 heavy (non-hydrogen) atoms. The number of ether oxygens (including phenoxy) is 1. The number of aromatic nitrogens is 1. The molecule has 0 radical (unpaired) electrons. The molecule has 1 aromatic heterocycles. The SMILES string of the molecule is COc1ccc([N+](=O)[O-])cc1N1C(=O)[C@@H]2[C@H](Cc3c[nH]c4ccccc34)N[C@@]3(C(=O)Nc4ccccc43)[C@@H]2C1=O. The van der Waals surface area contributed by atoms with Gasteiger partial charge in [0.15, 0.2) is 0 Å². The highest BCUT2D eigenvalue weighted by atomic mass is 16.6. The Morgan fingerprint density at radius 2 is 1.80 bits per heavy atom. The highest BCUT2D eigenvalue weighted by Crippen LogP contribution is 2.54. The van der Waals surface area contributed by atoms with Crippen molar-refractivity contribution in [2.24, 2.45) is 11.8 Å². The van der Waals surface area contributed by atoms with Crippen LogP contribution in [0.25, 0.3) is 10.9 Å². The monoisotopic (exact) mass is 537 g/mol. The van der Waals surface area contributed by atoms with Crippen molar-refractivity contribution in [1.29, 1.82) is 0 Å². The summed E-state index contributed by atoms with van der Waals surface area (Å²) < 4.78 is 5.40. The molecule has 4 atom stereocenters. The number of nitro groups is 1. The number of fused-ring (bicyclic) bond motifs is 5. The van der Waals surface area contributed by atoms with E-state index in [1.54, 1.807) is 24.3 Å². The van der Waals surface area contributed by atoms with Crippen LogP contribution in [0.15, 0.2) is 72.9 Å². The van der Waals surface area contributed by atoms with E-state index in [0.29, 0.717) is 17.7 Å². The lowest BCUT2D eigenvalue weighted by Crippen LogP contribution is -2.53. The molecule has 0 saturated carbocycles. The molecule has 2 saturated heterocycles. The predicted molar refractivity (Wildman–Crippen MR) is 145 cm³/mol.